The Balaban J connectivity index is 2.34. The van der Waals surface area contributed by atoms with Crippen molar-refractivity contribution in [1.82, 2.24) is 10.2 Å². The number of likely N-dealkylation sites (tertiary alicyclic amines) is 1. The van der Waals surface area contributed by atoms with Crippen molar-refractivity contribution in [2.75, 3.05) is 19.6 Å². The Kier molecular flexibility index (Phi) is 6.27. The number of amides is 1. The highest BCUT2D eigenvalue weighted by Gasteiger charge is 2.31. The maximum atomic E-state index is 11.6. The maximum Gasteiger partial charge on any atom is 0.237 e. The highest BCUT2D eigenvalue weighted by Crippen LogP contribution is 2.18. The van der Waals surface area contributed by atoms with Gasteiger partial charge in [0, 0.05) is 6.04 Å². The normalized spacial score (nSPS) is 21.5. The predicted octanol–water partition coefficient (Wildman–Crippen LogP) is 1.74. The molecule has 1 saturated heterocycles. The van der Waals surface area contributed by atoms with Gasteiger partial charge in [0.05, 0.1) is 5.54 Å². The zero-order valence-electron chi connectivity index (χ0n) is 13.0. The van der Waals surface area contributed by atoms with Gasteiger partial charge in [0.2, 0.25) is 5.91 Å². The summed E-state index contributed by atoms with van der Waals surface area (Å²) in [5.74, 6) is 0.628. The zero-order valence-corrected chi connectivity index (χ0v) is 13.0. The molecule has 0 aromatic heterocycles. The van der Waals surface area contributed by atoms with Gasteiger partial charge in [0.15, 0.2) is 0 Å². The Bertz CT molecular complexity index is 285. The molecule has 1 aliphatic rings. The number of nitrogens with two attached hydrogens (primary N) is 1. The molecule has 1 heterocycles. The molecule has 1 amide bonds. The van der Waals surface area contributed by atoms with Gasteiger partial charge in [-0.1, -0.05) is 6.92 Å². The number of primary amides is 1. The first kappa shape index (κ1) is 16.4. The van der Waals surface area contributed by atoms with Crippen LogP contribution in [0.3, 0.4) is 0 Å². The molecule has 4 nitrogen and oxygen atoms in total. The van der Waals surface area contributed by atoms with E-state index in [4.69, 9.17) is 5.73 Å². The molecule has 1 rings (SSSR count). The van der Waals surface area contributed by atoms with Crippen LogP contribution in [0.1, 0.15) is 53.4 Å². The largest absolute Gasteiger partial charge is 0.368 e. The first-order valence-corrected chi connectivity index (χ1v) is 7.63. The van der Waals surface area contributed by atoms with Crippen LogP contribution in [0.5, 0.6) is 0 Å². The van der Waals surface area contributed by atoms with Gasteiger partial charge in [-0.3, -0.25) is 4.79 Å². The van der Waals surface area contributed by atoms with Crippen LogP contribution >= 0.6 is 0 Å². The minimum atomic E-state index is -0.572. The average molecular weight is 269 g/mol. The molecule has 1 fully saturated rings. The van der Waals surface area contributed by atoms with Gasteiger partial charge in [-0.15, -0.1) is 0 Å². The molecule has 4 heteroatoms. The summed E-state index contributed by atoms with van der Waals surface area (Å²) in [5.41, 5.74) is 4.97. The monoisotopic (exact) mass is 269 g/mol. The molecule has 1 atom stereocenters. The SMILES string of the molecule is CC1CCN(CCCC(C)(NC(C)C)C(N)=O)CC1. The summed E-state index contributed by atoms with van der Waals surface area (Å²) in [4.78, 5) is 14.1. The highest BCUT2D eigenvalue weighted by molar-refractivity contribution is 5.84. The van der Waals surface area contributed by atoms with Crippen molar-refractivity contribution in [2.24, 2.45) is 11.7 Å². The summed E-state index contributed by atoms with van der Waals surface area (Å²) in [5, 5.41) is 3.31. The second-order valence-electron chi connectivity index (χ2n) is 6.62. The van der Waals surface area contributed by atoms with E-state index in [1.807, 2.05) is 20.8 Å². The fraction of sp³-hybridized carbons (Fsp3) is 0.933. The van der Waals surface area contributed by atoms with E-state index in [0.717, 1.165) is 25.3 Å². The smallest absolute Gasteiger partial charge is 0.237 e. The number of carbonyl (C=O) groups excluding carboxylic acids is 1. The van der Waals surface area contributed by atoms with Gasteiger partial charge in [-0.2, -0.15) is 0 Å². The average Bonchev–Trinajstić information content (AvgIpc) is 2.30. The highest BCUT2D eigenvalue weighted by atomic mass is 16.1. The molecular weight excluding hydrogens is 238 g/mol. The van der Waals surface area contributed by atoms with E-state index in [0.29, 0.717) is 0 Å². The van der Waals surface area contributed by atoms with E-state index in [-0.39, 0.29) is 11.9 Å². The third-order valence-corrected chi connectivity index (χ3v) is 4.18. The second-order valence-corrected chi connectivity index (χ2v) is 6.62. The third kappa shape index (κ3) is 5.49. The van der Waals surface area contributed by atoms with Crippen molar-refractivity contribution < 1.29 is 4.79 Å². The van der Waals surface area contributed by atoms with Crippen LogP contribution < -0.4 is 11.1 Å². The molecule has 19 heavy (non-hydrogen) atoms. The van der Waals surface area contributed by atoms with Crippen molar-refractivity contribution >= 4 is 5.91 Å². The van der Waals surface area contributed by atoms with E-state index in [9.17, 15) is 4.79 Å². The molecule has 112 valence electrons. The van der Waals surface area contributed by atoms with Gasteiger partial charge in [0.1, 0.15) is 0 Å². The molecule has 0 spiro atoms. The van der Waals surface area contributed by atoms with Crippen LogP contribution in [0, 0.1) is 5.92 Å². The lowest BCUT2D eigenvalue weighted by atomic mass is 9.93. The minimum absolute atomic E-state index is 0.242. The molecule has 1 unspecified atom stereocenters. The van der Waals surface area contributed by atoms with Crippen LogP contribution in [0.25, 0.3) is 0 Å². The summed E-state index contributed by atoms with van der Waals surface area (Å²) < 4.78 is 0. The number of carbonyl (C=O) groups is 1. The number of nitrogens with one attached hydrogen (secondary N) is 1. The van der Waals surface area contributed by atoms with Crippen LogP contribution in [0.4, 0.5) is 0 Å². The van der Waals surface area contributed by atoms with E-state index in [2.05, 4.69) is 17.1 Å². The quantitative estimate of drug-likeness (QED) is 0.740. The van der Waals surface area contributed by atoms with Crippen LogP contribution in [-0.2, 0) is 4.79 Å². The van der Waals surface area contributed by atoms with Gasteiger partial charge < -0.3 is 16.0 Å². The lowest BCUT2D eigenvalue weighted by Gasteiger charge is -2.33. The van der Waals surface area contributed by atoms with Crippen molar-refractivity contribution in [2.45, 2.75) is 65.0 Å². The molecule has 0 saturated carbocycles. The van der Waals surface area contributed by atoms with E-state index >= 15 is 0 Å². The van der Waals surface area contributed by atoms with E-state index in [1.54, 1.807) is 0 Å². The third-order valence-electron chi connectivity index (χ3n) is 4.18. The molecule has 0 radical (unpaired) electrons. The van der Waals surface area contributed by atoms with Crippen LogP contribution in [0.15, 0.2) is 0 Å². The van der Waals surface area contributed by atoms with Gasteiger partial charge in [0.25, 0.3) is 0 Å². The van der Waals surface area contributed by atoms with Crippen LogP contribution in [0.2, 0.25) is 0 Å². The van der Waals surface area contributed by atoms with Crippen molar-refractivity contribution in [3.8, 4) is 0 Å². The number of piperidine rings is 1. The Morgan fingerprint density at radius 2 is 2.00 bits per heavy atom. The number of hydrogen-bond acceptors (Lipinski definition) is 3. The summed E-state index contributed by atoms with van der Waals surface area (Å²) >= 11 is 0. The summed E-state index contributed by atoms with van der Waals surface area (Å²) in [6.07, 6.45) is 4.44. The number of nitrogens with zero attached hydrogens (tertiary/aromatic N) is 1. The molecule has 0 aliphatic carbocycles. The fourth-order valence-corrected chi connectivity index (χ4v) is 2.85. The summed E-state index contributed by atoms with van der Waals surface area (Å²) in [6, 6.07) is 0.272. The molecule has 3 N–H and O–H groups in total. The predicted molar refractivity (Wildman–Crippen MR) is 79.9 cm³/mol. The standard InChI is InChI=1S/C15H31N3O/c1-12(2)17-15(4,14(16)19)8-5-9-18-10-6-13(3)7-11-18/h12-13,17H,5-11H2,1-4H3,(H2,16,19). The molecular formula is C15H31N3O. The number of hydrogen-bond donors (Lipinski definition) is 2. The second kappa shape index (κ2) is 7.25. The Morgan fingerprint density at radius 1 is 1.42 bits per heavy atom. The summed E-state index contributed by atoms with van der Waals surface area (Å²) in [6.45, 7) is 11.8. The fourth-order valence-electron chi connectivity index (χ4n) is 2.85. The lowest BCUT2D eigenvalue weighted by Crippen LogP contribution is -2.55. The number of rotatable bonds is 7. The Labute approximate surface area is 118 Å². The van der Waals surface area contributed by atoms with E-state index in [1.165, 1.54) is 25.9 Å². The van der Waals surface area contributed by atoms with Gasteiger partial charge in [-0.25, -0.2) is 0 Å². The Hall–Kier alpha value is -0.610. The van der Waals surface area contributed by atoms with Crippen molar-refractivity contribution in [3.05, 3.63) is 0 Å². The molecule has 0 aromatic carbocycles. The minimum Gasteiger partial charge on any atom is -0.368 e. The van der Waals surface area contributed by atoms with Crippen molar-refractivity contribution in [1.29, 1.82) is 0 Å². The zero-order chi connectivity index (χ0) is 14.5. The van der Waals surface area contributed by atoms with E-state index < -0.39 is 5.54 Å². The van der Waals surface area contributed by atoms with Crippen molar-refractivity contribution in [3.63, 3.8) is 0 Å². The Morgan fingerprint density at radius 3 is 2.47 bits per heavy atom. The van der Waals surface area contributed by atoms with Gasteiger partial charge in [-0.05, 0) is 72.0 Å². The molecule has 0 aromatic rings. The first-order valence-electron chi connectivity index (χ1n) is 7.63. The first-order chi connectivity index (χ1) is 8.83. The topological polar surface area (TPSA) is 58.4 Å². The lowest BCUT2D eigenvalue weighted by molar-refractivity contribution is -0.124. The maximum absolute atomic E-state index is 11.6. The summed E-state index contributed by atoms with van der Waals surface area (Å²) in [7, 11) is 0. The molecule has 0 bridgehead atoms. The molecule has 1 aliphatic heterocycles. The van der Waals surface area contributed by atoms with Gasteiger partial charge >= 0.3 is 0 Å². The van der Waals surface area contributed by atoms with Crippen LogP contribution in [-0.4, -0.2) is 42.0 Å².